The fraction of sp³-hybridized carbons (Fsp3) is 0.526. The first-order valence-electron chi connectivity index (χ1n) is 8.11. The molecule has 1 aliphatic rings. The molecule has 1 aromatic carbocycles. The highest BCUT2D eigenvalue weighted by Gasteiger charge is 2.33. The second-order valence-electron chi connectivity index (χ2n) is 7.00. The molecule has 0 saturated carbocycles. The maximum absolute atomic E-state index is 12.5. The Hall–Kier alpha value is -1.77. The third-order valence-corrected chi connectivity index (χ3v) is 3.87. The number of nitrogens with zero attached hydrogens (tertiary/aromatic N) is 1. The topological polar surface area (TPSA) is 29.5 Å². The van der Waals surface area contributed by atoms with E-state index in [4.69, 9.17) is 4.74 Å². The average Bonchev–Trinajstić information content (AvgIpc) is 2.44. The average molecular weight is 301 g/mol. The molecule has 22 heavy (non-hydrogen) atoms. The summed E-state index contributed by atoms with van der Waals surface area (Å²) in [5.41, 5.74) is 0.701. The van der Waals surface area contributed by atoms with E-state index in [2.05, 4.69) is 31.2 Å². The van der Waals surface area contributed by atoms with E-state index in [0.29, 0.717) is 0 Å². The molecule has 0 aliphatic carbocycles. The lowest BCUT2D eigenvalue weighted by molar-refractivity contribution is 0.00370. The van der Waals surface area contributed by atoms with Crippen LogP contribution in [0.1, 0.15) is 52.5 Å². The van der Waals surface area contributed by atoms with E-state index in [1.807, 2.05) is 43.9 Å². The minimum atomic E-state index is -0.456. The fourth-order valence-electron chi connectivity index (χ4n) is 2.83. The molecule has 1 aliphatic heterocycles. The van der Waals surface area contributed by atoms with Crippen molar-refractivity contribution in [1.82, 2.24) is 4.90 Å². The monoisotopic (exact) mass is 301 g/mol. The lowest BCUT2D eigenvalue weighted by atomic mass is 9.96. The Morgan fingerprint density at radius 1 is 1.23 bits per heavy atom. The van der Waals surface area contributed by atoms with Crippen LogP contribution >= 0.6 is 0 Å². The number of carbonyl (C=O) groups is 1. The van der Waals surface area contributed by atoms with Gasteiger partial charge in [-0.05, 0) is 52.5 Å². The lowest BCUT2D eigenvalue weighted by Crippen LogP contribution is -2.49. The lowest BCUT2D eigenvalue weighted by Gasteiger charge is -2.40. The van der Waals surface area contributed by atoms with Crippen molar-refractivity contribution in [3.63, 3.8) is 0 Å². The first-order chi connectivity index (χ1) is 10.4. The van der Waals surface area contributed by atoms with Crippen molar-refractivity contribution in [3.8, 4) is 0 Å². The molecule has 0 radical (unpaired) electrons. The number of carbonyl (C=O) groups excluding carboxylic acids is 1. The van der Waals surface area contributed by atoms with Crippen LogP contribution < -0.4 is 0 Å². The summed E-state index contributed by atoms with van der Waals surface area (Å²) in [6.45, 7) is 7.84. The molecule has 0 aromatic heterocycles. The number of ether oxygens (including phenoxy) is 1. The molecule has 0 bridgehead atoms. The number of piperidine rings is 1. The van der Waals surface area contributed by atoms with Crippen LogP contribution in [-0.4, -0.2) is 28.7 Å². The zero-order chi connectivity index (χ0) is 16.2. The second-order valence-corrected chi connectivity index (χ2v) is 7.00. The summed E-state index contributed by atoms with van der Waals surface area (Å²) in [5.74, 6) is 0. The van der Waals surface area contributed by atoms with Crippen LogP contribution in [0.25, 0.3) is 6.08 Å². The Kier molecular flexibility index (Phi) is 5.28. The predicted octanol–water partition coefficient (Wildman–Crippen LogP) is 4.88. The Morgan fingerprint density at radius 2 is 1.91 bits per heavy atom. The quantitative estimate of drug-likeness (QED) is 0.779. The van der Waals surface area contributed by atoms with Crippen LogP contribution in [0.3, 0.4) is 0 Å². The van der Waals surface area contributed by atoms with E-state index >= 15 is 0 Å². The predicted molar refractivity (Wildman–Crippen MR) is 90.7 cm³/mol. The zero-order valence-corrected chi connectivity index (χ0v) is 14.1. The Bertz CT molecular complexity index is 516. The Labute approximate surface area is 134 Å². The van der Waals surface area contributed by atoms with Crippen molar-refractivity contribution in [1.29, 1.82) is 0 Å². The smallest absolute Gasteiger partial charge is 0.411 e. The van der Waals surface area contributed by atoms with Gasteiger partial charge in [0.2, 0.25) is 0 Å². The molecule has 0 unspecified atom stereocenters. The molecule has 120 valence electrons. The zero-order valence-electron chi connectivity index (χ0n) is 14.1. The SMILES string of the molecule is C[C@H]1CCC[C@H](C=Cc2ccccc2)N1C(=O)OC(C)(C)C. The summed E-state index contributed by atoms with van der Waals surface area (Å²) < 4.78 is 5.58. The number of hydrogen-bond acceptors (Lipinski definition) is 2. The Morgan fingerprint density at radius 3 is 2.55 bits per heavy atom. The van der Waals surface area contributed by atoms with Gasteiger partial charge < -0.3 is 4.74 Å². The van der Waals surface area contributed by atoms with Gasteiger partial charge in [0.1, 0.15) is 5.60 Å². The maximum atomic E-state index is 12.5. The van der Waals surface area contributed by atoms with Gasteiger partial charge >= 0.3 is 6.09 Å². The molecule has 3 nitrogen and oxygen atoms in total. The van der Waals surface area contributed by atoms with Crippen molar-refractivity contribution in [2.75, 3.05) is 0 Å². The molecule has 0 spiro atoms. The molecule has 1 fully saturated rings. The van der Waals surface area contributed by atoms with Crippen LogP contribution in [0.15, 0.2) is 36.4 Å². The highest BCUT2D eigenvalue weighted by molar-refractivity contribution is 5.70. The number of rotatable bonds is 2. The molecule has 3 heteroatoms. The van der Waals surface area contributed by atoms with Crippen molar-refractivity contribution in [2.45, 2.75) is 64.6 Å². The van der Waals surface area contributed by atoms with Crippen LogP contribution in [0.5, 0.6) is 0 Å². The van der Waals surface area contributed by atoms with Gasteiger partial charge in [0.25, 0.3) is 0 Å². The summed E-state index contributed by atoms with van der Waals surface area (Å²) >= 11 is 0. The third kappa shape index (κ3) is 4.62. The maximum Gasteiger partial charge on any atom is 0.411 e. The standard InChI is InChI=1S/C19H27NO2/c1-15-9-8-12-17(14-13-16-10-6-5-7-11-16)20(15)18(21)22-19(2,3)4/h5-7,10-11,13-15,17H,8-9,12H2,1-4H3/t15-,17+/m0/s1. The third-order valence-electron chi connectivity index (χ3n) is 3.87. The van der Waals surface area contributed by atoms with E-state index in [0.717, 1.165) is 24.8 Å². The normalized spacial score (nSPS) is 22.8. The molecular weight excluding hydrogens is 274 g/mol. The van der Waals surface area contributed by atoms with Crippen molar-refractivity contribution in [2.24, 2.45) is 0 Å². The van der Waals surface area contributed by atoms with Gasteiger partial charge in [0, 0.05) is 6.04 Å². The minimum Gasteiger partial charge on any atom is -0.444 e. The van der Waals surface area contributed by atoms with Gasteiger partial charge in [-0.3, -0.25) is 4.90 Å². The molecule has 0 N–H and O–H groups in total. The molecule has 1 heterocycles. The van der Waals surface area contributed by atoms with Crippen LogP contribution in [0.2, 0.25) is 0 Å². The van der Waals surface area contributed by atoms with Gasteiger partial charge in [0.05, 0.1) is 6.04 Å². The molecule has 2 rings (SSSR count). The van der Waals surface area contributed by atoms with E-state index in [1.54, 1.807) is 0 Å². The van der Waals surface area contributed by atoms with E-state index in [9.17, 15) is 4.79 Å². The summed E-state index contributed by atoms with van der Waals surface area (Å²) in [5, 5.41) is 0. The molecule has 2 atom stereocenters. The van der Waals surface area contributed by atoms with Crippen LogP contribution in [-0.2, 0) is 4.74 Å². The Balaban J connectivity index is 2.13. The minimum absolute atomic E-state index is 0.110. The first-order valence-corrected chi connectivity index (χ1v) is 8.11. The number of hydrogen-bond donors (Lipinski definition) is 0. The fourth-order valence-corrected chi connectivity index (χ4v) is 2.83. The summed E-state index contributed by atoms with van der Waals surface area (Å²) in [7, 11) is 0. The van der Waals surface area contributed by atoms with Crippen molar-refractivity contribution < 1.29 is 9.53 Å². The van der Waals surface area contributed by atoms with Gasteiger partial charge in [-0.15, -0.1) is 0 Å². The van der Waals surface area contributed by atoms with E-state index in [1.165, 1.54) is 0 Å². The largest absolute Gasteiger partial charge is 0.444 e. The highest BCUT2D eigenvalue weighted by atomic mass is 16.6. The van der Waals surface area contributed by atoms with Gasteiger partial charge in [-0.2, -0.15) is 0 Å². The van der Waals surface area contributed by atoms with Crippen molar-refractivity contribution >= 4 is 12.2 Å². The van der Waals surface area contributed by atoms with Gasteiger partial charge in [-0.1, -0.05) is 42.5 Å². The van der Waals surface area contributed by atoms with Crippen molar-refractivity contribution in [3.05, 3.63) is 42.0 Å². The highest BCUT2D eigenvalue weighted by Crippen LogP contribution is 2.26. The van der Waals surface area contributed by atoms with Gasteiger partial charge in [0.15, 0.2) is 0 Å². The number of benzene rings is 1. The van der Waals surface area contributed by atoms with Crippen LogP contribution in [0.4, 0.5) is 4.79 Å². The first kappa shape index (κ1) is 16.6. The number of likely N-dealkylation sites (tertiary alicyclic amines) is 1. The molecular formula is C19H27NO2. The summed E-state index contributed by atoms with van der Waals surface area (Å²) in [4.78, 5) is 14.4. The second kappa shape index (κ2) is 6.99. The summed E-state index contributed by atoms with van der Waals surface area (Å²) in [6, 6.07) is 10.5. The molecule has 1 saturated heterocycles. The number of amides is 1. The van der Waals surface area contributed by atoms with Crippen LogP contribution in [0, 0.1) is 0 Å². The van der Waals surface area contributed by atoms with E-state index < -0.39 is 5.60 Å². The van der Waals surface area contributed by atoms with E-state index in [-0.39, 0.29) is 18.2 Å². The van der Waals surface area contributed by atoms with Gasteiger partial charge in [-0.25, -0.2) is 4.79 Å². The molecule has 1 amide bonds. The molecule has 1 aromatic rings. The summed E-state index contributed by atoms with van der Waals surface area (Å²) in [6.07, 6.45) is 7.20.